The number of Topliss-reactive ketones (excluding diaryl/α,β-unsaturated/α-hetero) is 1. The second-order valence-corrected chi connectivity index (χ2v) is 7.86. The highest BCUT2D eigenvalue weighted by Gasteiger charge is 2.17. The van der Waals surface area contributed by atoms with Gasteiger partial charge in [0.05, 0.1) is 16.8 Å². The third-order valence-electron chi connectivity index (χ3n) is 4.77. The van der Waals surface area contributed by atoms with Gasteiger partial charge in [-0.3, -0.25) is 4.79 Å². The van der Waals surface area contributed by atoms with Gasteiger partial charge in [-0.05, 0) is 31.2 Å². The van der Waals surface area contributed by atoms with E-state index >= 15 is 0 Å². The van der Waals surface area contributed by atoms with E-state index in [4.69, 9.17) is 4.74 Å². The van der Waals surface area contributed by atoms with Gasteiger partial charge in [0.15, 0.2) is 12.4 Å². The van der Waals surface area contributed by atoms with Gasteiger partial charge < -0.3 is 4.74 Å². The van der Waals surface area contributed by atoms with E-state index in [1.807, 2.05) is 67.6 Å². The van der Waals surface area contributed by atoms with Crippen molar-refractivity contribution in [3.63, 3.8) is 0 Å². The van der Waals surface area contributed by atoms with E-state index in [1.165, 1.54) is 0 Å². The quantitative estimate of drug-likeness (QED) is 0.270. The van der Waals surface area contributed by atoms with Gasteiger partial charge in [-0.2, -0.15) is 0 Å². The summed E-state index contributed by atoms with van der Waals surface area (Å²) in [5, 5.41) is 0.664. The van der Waals surface area contributed by atoms with Gasteiger partial charge in [-0.15, -0.1) is 0 Å². The van der Waals surface area contributed by atoms with Crippen molar-refractivity contribution in [2.45, 2.75) is 6.92 Å². The van der Waals surface area contributed by atoms with Crippen LogP contribution in [0.2, 0.25) is 0 Å². The largest absolute Gasteiger partial charge is 0.454 e. The van der Waals surface area contributed by atoms with Crippen LogP contribution in [0.4, 0.5) is 0 Å². The van der Waals surface area contributed by atoms with Crippen molar-refractivity contribution in [2.24, 2.45) is 0 Å². The average Bonchev–Trinajstić information content (AvgIpc) is 2.77. The lowest BCUT2D eigenvalue weighted by Crippen LogP contribution is -2.15. The Labute approximate surface area is 182 Å². The normalized spacial score (nSPS) is 10.7. The van der Waals surface area contributed by atoms with Gasteiger partial charge in [0.1, 0.15) is 0 Å². The number of rotatable bonds is 5. The highest BCUT2D eigenvalue weighted by atomic mass is 79.9. The number of aromatic nitrogens is 1. The summed E-state index contributed by atoms with van der Waals surface area (Å²) >= 11 is 3.44. The standard InChI is InChI=1S/C25H18BrNO3/c1-16-7-9-18(10-8-16)24(28)15-30-25(29)21-14-23(17-5-3-2-4-6-17)27-22-12-11-19(26)13-20(21)22/h2-14H,15H2,1H3. The third-order valence-corrected chi connectivity index (χ3v) is 5.26. The minimum atomic E-state index is -0.557. The van der Waals surface area contributed by atoms with Crippen molar-refractivity contribution in [1.29, 1.82) is 0 Å². The third kappa shape index (κ3) is 4.31. The van der Waals surface area contributed by atoms with Crippen molar-refractivity contribution < 1.29 is 14.3 Å². The Morgan fingerprint density at radius 2 is 1.67 bits per heavy atom. The van der Waals surface area contributed by atoms with Gasteiger partial charge in [0, 0.05) is 21.0 Å². The fraction of sp³-hybridized carbons (Fsp3) is 0.0800. The van der Waals surface area contributed by atoms with Crippen molar-refractivity contribution >= 4 is 38.6 Å². The summed E-state index contributed by atoms with van der Waals surface area (Å²) in [6, 6.07) is 24.1. The van der Waals surface area contributed by atoms with Crippen LogP contribution in [0.3, 0.4) is 0 Å². The molecule has 1 heterocycles. The predicted molar refractivity (Wildman–Crippen MR) is 121 cm³/mol. The number of fused-ring (bicyclic) bond motifs is 1. The Balaban J connectivity index is 1.66. The second kappa shape index (κ2) is 8.59. The maximum Gasteiger partial charge on any atom is 0.339 e. The Morgan fingerprint density at radius 3 is 2.40 bits per heavy atom. The van der Waals surface area contributed by atoms with Crippen molar-refractivity contribution in [3.8, 4) is 11.3 Å². The number of ketones is 1. The zero-order chi connectivity index (χ0) is 21.1. The highest BCUT2D eigenvalue weighted by molar-refractivity contribution is 9.10. The molecule has 4 aromatic rings. The molecule has 0 saturated heterocycles. The topological polar surface area (TPSA) is 56.3 Å². The van der Waals surface area contributed by atoms with Crippen LogP contribution in [0, 0.1) is 6.92 Å². The molecule has 0 unspecified atom stereocenters. The first kappa shape index (κ1) is 20.0. The molecule has 148 valence electrons. The number of halogens is 1. The lowest BCUT2D eigenvalue weighted by atomic mass is 10.0. The maximum atomic E-state index is 12.9. The molecule has 0 aliphatic rings. The Kier molecular flexibility index (Phi) is 5.72. The number of nitrogens with zero attached hydrogens (tertiary/aromatic N) is 1. The zero-order valence-electron chi connectivity index (χ0n) is 16.3. The van der Waals surface area contributed by atoms with Crippen LogP contribution in [-0.2, 0) is 4.74 Å². The summed E-state index contributed by atoms with van der Waals surface area (Å²) in [6.45, 7) is 1.63. The highest BCUT2D eigenvalue weighted by Crippen LogP contribution is 2.27. The Bertz CT molecular complexity index is 1230. The number of pyridine rings is 1. The van der Waals surface area contributed by atoms with Gasteiger partial charge in [-0.25, -0.2) is 9.78 Å². The monoisotopic (exact) mass is 459 g/mol. The maximum absolute atomic E-state index is 12.9. The van der Waals surface area contributed by atoms with Crippen molar-refractivity contribution in [1.82, 2.24) is 4.98 Å². The summed E-state index contributed by atoms with van der Waals surface area (Å²) < 4.78 is 6.21. The molecule has 1 aromatic heterocycles. The van der Waals surface area contributed by atoms with Gasteiger partial charge in [0.25, 0.3) is 0 Å². The average molecular weight is 460 g/mol. The molecule has 0 atom stereocenters. The molecule has 0 saturated carbocycles. The van der Waals surface area contributed by atoms with Crippen LogP contribution in [0.5, 0.6) is 0 Å². The first-order valence-electron chi connectivity index (χ1n) is 9.44. The molecule has 0 aliphatic heterocycles. The Hall–Kier alpha value is -3.31. The number of carbonyl (C=O) groups excluding carboxylic acids is 2. The molecular weight excluding hydrogens is 442 g/mol. The van der Waals surface area contributed by atoms with Crippen LogP contribution in [0.1, 0.15) is 26.3 Å². The number of hydrogen-bond acceptors (Lipinski definition) is 4. The van der Waals surface area contributed by atoms with Crippen LogP contribution < -0.4 is 0 Å². The summed E-state index contributed by atoms with van der Waals surface area (Å²) in [6.07, 6.45) is 0. The van der Waals surface area contributed by atoms with Crippen molar-refractivity contribution in [2.75, 3.05) is 6.61 Å². The first-order chi connectivity index (χ1) is 14.5. The van der Waals surface area contributed by atoms with Gasteiger partial charge in [-0.1, -0.05) is 76.1 Å². The minimum Gasteiger partial charge on any atom is -0.454 e. The molecule has 0 fully saturated rings. The molecule has 0 radical (unpaired) electrons. The first-order valence-corrected chi connectivity index (χ1v) is 10.2. The van der Waals surface area contributed by atoms with E-state index in [9.17, 15) is 9.59 Å². The molecule has 0 aliphatic carbocycles. The molecule has 0 bridgehead atoms. The SMILES string of the molecule is Cc1ccc(C(=O)COC(=O)c2cc(-c3ccccc3)nc3ccc(Br)cc23)cc1. The predicted octanol–water partition coefficient (Wildman–Crippen LogP) is 6.01. The fourth-order valence-electron chi connectivity index (χ4n) is 3.16. The van der Waals surface area contributed by atoms with Crippen LogP contribution in [0.15, 0.2) is 83.3 Å². The number of esters is 1. The number of hydrogen-bond donors (Lipinski definition) is 0. The summed E-state index contributed by atoms with van der Waals surface area (Å²) in [7, 11) is 0. The summed E-state index contributed by atoms with van der Waals surface area (Å²) in [5.74, 6) is -0.802. The number of aryl methyl sites for hydroxylation is 1. The number of benzene rings is 3. The second-order valence-electron chi connectivity index (χ2n) is 6.95. The van der Waals surface area contributed by atoms with Crippen molar-refractivity contribution in [3.05, 3.63) is 100 Å². The molecule has 0 N–H and O–H groups in total. The lowest BCUT2D eigenvalue weighted by molar-refractivity contribution is 0.0476. The smallest absolute Gasteiger partial charge is 0.339 e. The molecule has 0 spiro atoms. The zero-order valence-corrected chi connectivity index (χ0v) is 17.8. The molecule has 3 aromatic carbocycles. The van der Waals surface area contributed by atoms with E-state index in [2.05, 4.69) is 20.9 Å². The van der Waals surface area contributed by atoms with E-state index in [1.54, 1.807) is 18.2 Å². The fourth-order valence-corrected chi connectivity index (χ4v) is 3.52. The van der Waals surface area contributed by atoms with Crippen LogP contribution in [0.25, 0.3) is 22.2 Å². The summed E-state index contributed by atoms with van der Waals surface area (Å²) in [4.78, 5) is 30.0. The molecule has 4 nitrogen and oxygen atoms in total. The van der Waals surface area contributed by atoms with E-state index < -0.39 is 5.97 Å². The molecule has 4 rings (SSSR count). The van der Waals surface area contributed by atoms with E-state index in [0.29, 0.717) is 27.7 Å². The summed E-state index contributed by atoms with van der Waals surface area (Å²) in [5.41, 5.74) is 4.19. The minimum absolute atomic E-state index is 0.244. The lowest BCUT2D eigenvalue weighted by Gasteiger charge is -2.10. The van der Waals surface area contributed by atoms with Crippen LogP contribution in [-0.4, -0.2) is 23.3 Å². The van der Waals surface area contributed by atoms with Crippen LogP contribution >= 0.6 is 15.9 Å². The molecule has 0 amide bonds. The van der Waals surface area contributed by atoms with E-state index in [0.717, 1.165) is 15.6 Å². The Morgan fingerprint density at radius 1 is 0.933 bits per heavy atom. The molecule has 30 heavy (non-hydrogen) atoms. The molecular formula is C25H18BrNO3. The molecule has 5 heteroatoms. The van der Waals surface area contributed by atoms with E-state index in [-0.39, 0.29) is 12.4 Å². The van der Waals surface area contributed by atoms with Gasteiger partial charge in [0.2, 0.25) is 0 Å². The van der Waals surface area contributed by atoms with Gasteiger partial charge >= 0.3 is 5.97 Å². The number of ether oxygens (including phenoxy) is 1. The number of carbonyl (C=O) groups is 2.